The molecule has 1 aromatic carbocycles. The van der Waals surface area contributed by atoms with Gasteiger partial charge in [0.25, 0.3) is 0 Å². The first kappa shape index (κ1) is 12.2. The van der Waals surface area contributed by atoms with Gasteiger partial charge in [0.2, 0.25) is 0 Å². The van der Waals surface area contributed by atoms with Crippen molar-refractivity contribution in [3.8, 4) is 0 Å². The largest absolute Gasteiger partial charge is 0.320 e. The van der Waals surface area contributed by atoms with Gasteiger partial charge in [-0.2, -0.15) is 0 Å². The van der Waals surface area contributed by atoms with Crippen molar-refractivity contribution in [2.24, 2.45) is 5.73 Å². The van der Waals surface area contributed by atoms with Gasteiger partial charge in [0.05, 0.1) is 10.5 Å². The highest BCUT2D eigenvalue weighted by Crippen LogP contribution is 2.35. The maximum Gasteiger partial charge on any atom is 0.137 e. The SMILES string of the molecule is NC(c1cccc(F)c1Br)c1sccc1Br. The van der Waals surface area contributed by atoms with E-state index in [2.05, 4.69) is 31.9 Å². The number of nitrogens with two attached hydrogens (primary N) is 1. The molecule has 0 aliphatic carbocycles. The average Bonchev–Trinajstić information content (AvgIpc) is 2.68. The Balaban J connectivity index is 2.46. The number of thiophene rings is 1. The van der Waals surface area contributed by atoms with Crippen LogP contribution in [-0.2, 0) is 0 Å². The van der Waals surface area contributed by atoms with Crippen LogP contribution in [0, 0.1) is 5.82 Å². The fraction of sp³-hybridized carbons (Fsp3) is 0.0909. The second-order valence-corrected chi connectivity index (χ2v) is 5.85. The summed E-state index contributed by atoms with van der Waals surface area (Å²) in [5, 5.41) is 1.95. The van der Waals surface area contributed by atoms with Crippen LogP contribution >= 0.6 is 43.2 Å². The van der Waals surface area contributed by atoms with E-state index in [-0.39, 0.29) is 11.9 Å². The third kappa shape index (κ3) is 2.22. The topological polar surface area (TPSA) is 26.0 Å². The molecule has 16 heavy (non-hydrogen) atoms. The van der Waals surface area contributed by atoms with Crippen LogP contribution in [0.15, 0.2) is 38.6 Å². The Labute approximate surface area is 114 Å². The third-order valence-electron chi connectivity index (χ3n) is 2.24. The summed E-state index contributed by atoms with van der Waals surface area (Å²) in [6.07, 6.45) is 0. The standard InChI is InChI=1S/C11H8Br2FNS/c12-7-4-5-16-11(7)10(15)6-2-1-3-8(14)9(6)13/h1-5,10H,15H2. The highest BCUT2D eigenvalue weighted by Gasteiger charge is 2.17. The van der Waals surface area contributed by atoms with Crippen LogP contribution in [0.1, 0.15) is 16.5 Å². The van der Waals surface area contributed by atoms with Gasteiger partial charge in [-0.3, -0.25) is 0 Å². The molecule has 0 amide bonds. The van der Waals surface area contributed by atoms with Gasteiger partial charge in [0.1, 0.15) is 5.82 Å². The van der Waals surface area contributed by atoms with Gasteiger partial charge in [-0.1, -0.05) is 12.1 Å². The van der Waals surface area contributed by atoms with Crippen LogP contribution < -0.4 is 5.73 Å². The first-order valence-corrected chi connectivity index (χ1v) is 7.00. The van der Waals surface area contributed by atoms with Gasteiger partial charge in [0, 0.05) is 9.35 Å². The van der Waals surface area contributed by atoms with Gasteiger partial charge >= 0.3 is 0 Å². The summed E-state index contributed by atoms with van der Waals surface area (Å²) in [4.78, 5) is 0.992. The second-order valence-electron chi connectivity index (χ2n) is 3.25. The molecule has 0 saturated carbocycles. The van der Waals surface area contributed by atoms with Crippen LogP contribution in [0.5, 0.6) is 0 Å². The molecular formula is C11H8Br2FNS. The quantitative estimate of drug-likeness (QED) is 0.836. The highest BCUT2D eigenvalue weighted by molar-refractivity contribution is 9.10. The van der Waals surface area contributed by atoms with Crippen LogP contribution in [0.3, 0.4) is 0 Å². The van der Waals surface area contributed by atoms with E-state index in [1.54, 1.807) is 17.4 Å². The molecule has 0 spiro atoms. The van der Waals surface area contributed by atoms with E-state index >= 15 is 0 Å². The van der Waals surface area contributed by atoms with Crippen molar-refractivity contribution >= 4 is 43.2 Å². The summed E-state index contributed by atoms with van der Waals surface area (Å²) >= 11 is 8.21. The zero-order valence-electron chi connectivity index (χ0n) is 8.08. The van der Waals surface area contributed by atoms with Crippen LogP contribution in [0.4, 0.5) is 4.39 Å². The van der Waals surface area contributed by atoms with Crippen molar-refractivity contribution in [3.05, 3.63) is 54.8 Å². The summed E-state index contributed by atoms with van der Waals surface area (Å²) in [5.41, 5.74) is 6.87. The normalized spacial score (nSPS) is 12.8. The summed E-state index contributed by atoms with van der Waals surface area (Å²) in [7, 11) is 0. The first-order chi connectivity index (χ1) is 7.61. The third-order valence-corrected chi connectivity index (χ3v) is 5.03. The van der Waals surface area contributed by atoms with Gasteiger partial charge < -0.3 is 5.73 Å². The maximum absolute atomic E-state index is 13.4. The van der Waals surface area contributed by atoms with E-state index in [9.17, 15) is 4.39 Å². The highest BCUT2D eigenvalue weighted by atomic mass is 79.9. The molecule has 5 heteroatoms. The van der Waals surface area contributed by atoms with Crippen molar-refractivity contribution < 1.29 is 4.39 Å². The number of hydrogen-bond donors (Lipinski definition) is 1. The zero-order valence-corrected chi connectivity index (χ0v) is 12.1. The van der Waals surface area contributed by atoms with Gasteiger partial charge in [-0.05, 0) is 54.9 Å². The molecule has 1 aromatic heterocycles. The Morgan fingerprint density at radius 3 is 2.62 bits per heavy atom. The molecule has 0 saturated heterocycles. The van der Waals surface area contributed by atoms with E-state index in [1.165, 1.54) is 6.07 Å². The minimum absolute atomic E-state index is 0.291. The lowest BCUT2D eigenvalue weighted by molar-refractivity contribution is 0.616. The van der Waals surface area contributed by atoms with Crippen LogP contribution in [0.2, 0.25) is 0 Å². The van der Waals surface area contributed by atoms with Gasteiger partial charge in [-0.25, -0.2) is 4.39 Å². The van der Waals surface area contributed by atoms with Crippen molar-refractivity contribution in [3.63, 3.8) is 0 Å². The predicted molar refractivity (Wildman–Crippen MR) is 72.1 cm³/mol. The molecule has 0 bridgehead atoms. The fourth-order valence-electron chi connectivity index (χ4n) is 1.43. The van der Waals surface area contributed by atoms with Crippen molar-refractivity contribution in [1.29, 1.82) is 0 Å². The smallest absolute Gasteiger partial charge is 0.137 e. The van der Waals surface area contributed by atoms with Crippen LogP contribution in [-0.4, -0.2) is 0 Å². The van der Waals surface area contributed by atoms with Gasteiger partial charge in [0.15, 0.2) is 0 Å². The molecule has 1 atom stereocenters. The average molecular weight is 365 g/mol. The minimum atomic E-state index is -0.320. The van der Waals surface area contributed by atoms with Crippen molar-refractivity contribution in [2.75, 3.05) is 0 Å². The lowest BCUT2D eigenvalue weighted by Gasteiger charge is -2.13. The number of rotatable bonds is 2. The van der Waals surface area contributed by atoms with E-state index in [1.807, 2.05) is 17.5 Å². The Kier molecular flexibility index (Phi) is 3.79. The van der Waals surface area contributed by atoms with Crippen molar-refractivity contribution in [2.45, 2.75) is 6.04 Å². The summed E-state index contributed by atoms with van der Waals surface area (Å²) in [5.74, 6) is -0.291. The van der Waals surface area contributed by atoms with E-state index in [0.717, 1.165) is 14.9 Å². The maximum atomic E-state index is 13.4. The van der Waals surface area contributed by atoms with Gasteiger partial charge in [-0.15, -0.1) is 11.3 Å². The number of benzene rings is 1. The molecule has 1 unspecified atom stereocenters. The molecule has 0 aliphatic heterocycles. The molecule has 84 valence electrons. The molecule has 0 fully saturated rings. The predicted octanol–water partition coefficient (Wildman–Crippen LogP) is 4.46. The van der Waals surface area contributed by atoms with E-state index < -0.39 is 0 Å². The monoisotopic (exact) mass is 363 g/mol. The first-order valence-electron chi connectivity index (χ1n) is 4.53. The minimum Gasteiger partial charge on any atom is -0.320 e. The molecule has 2 rings (SSSR count). The van der Waals surface area contributed by atoms with E-state index in [0.29, 0.717) is 4.47 Å². The lowest BCUT2D eigenvalue weighted by atomic mass is 10.1. The fourth-order valence-corrected chi connectivity index (χ4v) is 3.58. The Morgan fingerprint density at radius 2 is 2.00 bits per heavy atom. The summed E-state index contributed by atoms with van der Waals surface area (Å²) < 4.78 is 14.8. The molecule has 1 nitrogen and oxygen atoms in total. The molecule has 1 heterocycles. The summed E-state index contributed by atoms with van der Waals surface area (Å²) in [6, 6.07) is 6.51. The second kappa shape index (κ2) is 4.96. The molecule has 2 aromatic rings. The Hall–Kier alpha value is -0.230. The Morgan fingerprint density at radius 1 is 1.25 bits per heavy atom. The van der Waals surface area contributed by atoms with Crippen LogP contribution in [0.25, 0.3) is 0 Å². The molecule has 0 radical (unpaired) electrons. The summed E-state index contributed by atoms with van der Waals surface area (Å²) in [6.45, 7) is 0. The molecule has 2 N–H and O–H groups in total. The Bertz CT molecular complexity index is 512. The molecule has 0 aliphatic rings. The lowest BCUT2D eigenvalue weighted by Crippen LogP contribution is -2.11. The number of hydrogen-bond acceptors (Lipinski definition) is 2. The van der Waals surface area contributed by atoms with Crippen molar-refractivity contribution in [1.82, 2.24) is 0 Å². The zero-order chi connectivity index (χ0) is 11.7. The molecular weight excluding hydrogens is 357 g/mol. The van der Waals surface area contributed by atoms with E-state index in [4.69, 9.17) is 5.73 Å². The number of halogens is 3.